The molecule has 0 fully saturated rings. The van der Waals surface area contributed by atoms with E-state index in [1.807, 2.05) is 35.0 Å². The summed E-state index contributed by atoms with van der Waals surface area (Å²) in [4.78, 5) is 25.4. The van der Waals surface area contributed by atoms with Gasteiger partial charge in [0, 0.05) is 23.3 Å². The molecular weight excluding hydrogens is 292 g/mol. The first-order chi connectivity index (χ1) is 9.74. The predicted molar refractivity (Wildman–Crippen MR) is 79.3 cm³/mol. The zero-order chi connectivity index (χ0) is 13.9. The van der Waals surface area contributed by atoms with E-state index >= 15 is 0 Å². The summed E-state index contributed by atoms with van der Waals surface area (Å²) in [6.45, 7) is 0. The molecule has 1 aliphatic rings. The van der Waals surface area contributed by atoms with Crippen LogP contribution in [0, 0.1) is 0 Å². The predicted octanol–water partition coefficient (Wildman–Crippen LogP) is 3.65. The van der Waals surface area contributed by atoms with E-state index in [-0.39, 0.29) is 23.8 Å². The molecule has 2 aromatic heterocycles. The topological polar surface area (TPSA) is 43.4 Å². The Labute approximate surface area is 124 Å². The molecule has 0 N–H and O–H groups in total. The maximum absolute atomic E-state index is 12.3. The van der Waals surface area contributed by atoms with E-state index in [1.54, 1.807) is 17.4 Å². The summed E-state index contributed by atoms with van der Waals surface area (Å²) in [6.07, 6.45) is 3.18. The quantitative estimate of drug-likeness (QED) is 0.625. The van der Waals surface area contributed by atoms with E-state index in [2.05, 4.69) is 0 Å². The molecule has 0 radical (unpaired) electrons. The zero-order valence-corrected chi connectivity index (χ0v) is 12.2. The average Bonchev–Trinajstić information content (AvgIpc) is 3.17. The Balaban J connectivity index is 1.81. The maximum atomic E-state index is 12.3. The number of hydrogen-bond donors (Lipinski definition) is 0. The van der Waals surface area contributed by atoms with Crippen molar-refractivity contribution in [3.63, 3.8) is 0 Å². The van der Waals surface area contributed by atoms with Crippen LogP contribution < -0.4 is 0 Å². The van der Waals surface area contributed by atoms with Crippen molar-refractivity contribution in [2.75, 3.05) is 0 Å². The van der Waals surface area contributed by atoms with E-state index in [4.69, 9.17) is 4.74 Å². The van der Waals surface area contributed by atoms with Crippen LogP contribution in [0.25, 0.3) is 0 Å². The molecule has 0 spiro atoms. The molecule has 0 unspecified atom stereocenters. The van der Waals surface area contributed by atoms with Gasteiger partial charge < -0.3 is 4.74 Å². The fourth-order valence-electron chi connectivity index (χ4n) is 2.22. The molecule has 20 heavy (non-hydrogen) atoms. The van der Waals surface area contributed by atoms with Gasteiger partial charge in [-0.1, -0.05) is 12.1 Å². The van der Waals surface area contributed by atoms with E-state index in [0.29, 0.717) is 6.42 Å². The third kappa shape index (κ3) is 2.73. The van der Waals surface area contributed by atoms with Crippen LogP contribution in [-0.2, 0) is 9.53 Å². The molecule has 5 heteroatoms. The number of carbonyl (C=O) groups excluding carboxylic acids is 2. The van der Waals surface area contributed by atoms with Crippen molar-refractivity contribution in [3.8, 4) is 0 Å². The van der Waals surface area contributed by atoms with Crippen LogP contribution in [0.3, 0.4) is 0 Å². The highest BCUT2D eigenvalue weighted by Gasteiger charge is 2.31. The fraction of sp³-hybridized carbons (Fsp3) is 0.200. The highest BCUT2D eigenvalue weighted by Crippen LogP contribution is 2.33. The third-order valence-electron chi connectivity index (χ3n) is 3.18. The third-order valence-corrected chi connectivity index (χ3v) is 5.10. The second kappa shape index (κ2) is 5.73. The summed E-state index contributed by atoms with van der Waals surface area (Å²) < 4.78 is 5.27. The van der Waals surface area contributed by atoms with Crippen molar-refractivity contribution in [2.45, 2.75) is 18.4 Å². The lowest BCUT2D eigenvalue weighted by Crippen LogP contribution is -2.20. The lowest BCUT2D eigenvalue weighted by Gasteiger charge is -2.19. The van der Waals surface area contributed by atoms with Gasteiger partial charge >= 0.3 is 5.97 Å². The largest absolute Gasteiger partial charge is 0.454 e. The monoisotopic (exact) mass is 304 g/mol. The van der Waals surface area contributed by atoms with Gasteiger partial charge in [-0.2, -0.15) is 0 Å². The van der Waals surface area contributed by atoms with Crippen molar-refractivity contribution in [1.29, 1.82) is 0 Å². The van der Waals surface area contributed by atoms with Gasteiger partial charge in [-0.3, -0.25) is 4.79 Å². The Morgan fingerprint density at radius 1 is 1.25 bits per heavy atom. The van der Waals surface area contributed by atoms with Gasteiger partial charge in [-0.25, -0.2) is 4.79 Å². The Kier molecular flexibility index (Phi) is 3.80. The number of ketones is 1. The molecular formula is C15H12O3S2. The number of hydrogen-bond acceptors (Lipinski definition) is 5. The number of carbonyl (C=O) groups is 2. The van der Waals surface area contributed by atoms with Crippen LogP contribution in [0.4, 0.5) is 0 Å². The summed E-state index contributed by atoms with van der Waals surface area (Å²) in [5, 5.41) is 3.86. The molecule has 0 saturated heterocycles. The van der Waals surface area contributed by atoms with Crippen LogP contribution in [0.15, 0.2) is 47.2 Å². The van der Waals surface area contributed by atoms with E-state index in [0.717, 1.165) is 9.75 Å². The van der Waals surface area contributed by atoms with Gasteiger partial charge in [0.1, 0.15) is 6.10 Å². The first-order valence-corrected chi connectivity index (χ1v) is 7.99. The normalized spacial score (nSPS) is 19.0. The highest BCUT2D eigenvalue weighted by molar-refractivity contribution is 7.12. The van der Waals surface area contributed by atoms with Gasteiger partial charge in [0.2, 0.25) is 0 Å². The van der Waals surface area contributed by atoms with Crippen LogP contribution in [-0.4, -0.2) is 17.9 Å². The van der Waals surface area contributed by atoms with Crippen LogP contribution in [0.2, 0.25) is 0 Å². The Hall–Kier alpha value is -1.72. The van der Waals surface area contributed by atoms with Gasteiger partial charge in [0.05, 0.1) is 4.88 Å². The first-order valence-electron chi connectivity index (χ1n) is 6.23. The summed E-state index contributed by atoms with van der Waals surface area (Å²) in [5.41, 5.74) is 0. The average molecular weight is 304 g/mol. The number of ether oxygens (including phenoxy) is 1. The maximum Gasteiger partial charge on any atom is 0.331 e. The zero-order valence-electron chi connectivity index (χ0n) is 10.5. The van der Waals surface area contributed by atoms with E-state index in [1.165, 1.54) is 17.4 Å². The molecule has 2 aromatic rings. The molecule has 2 atom stereocenters. The van der Waals surface area contributed by atoms with Crippen LogP contribution >= 0.6 is 22.7 Å². The highest BCUT2D eigenvalue weighted by atomic mass is 32.1. The lowest BCUT2D eigenvalue weighted by molar-refractivity contribution is -0.139. The van der Waals surface area contributed by atoms with Gasteiger partial charge in [0.25, 0.3) is 0 Å². The second-order valence-corrected chi connectivity index (χ2v) is 6.41. The van der Waals surface area contributed by atoms with Crippen molar-refractivity contribution < 1.29 is 14.3 Å². The van der Waals surface area contributed by atoms with E-state index in [9.17, 15) is 9.59 Å². The minimum atomic E-state index is -0.343. The summed E-state index contributed by atoms with van der Waals surface area (Å²) in [7, 11) is 0. The van der Waals surface area contributed by atoms with Crippen molar-refractivity contribution >= 4 is 34.4 Å². The molecule has 1 aliphatic heterocycles. The molecule has 0 bridgehead atoms. The standard InChI is InChI=1S/C15H12O3S2/c16-11(14-4-2-8-20-14)9-10(13-3-1-7-19-13)12-5-6-15(17)18-12/h1-8,10,12H,9H2/t10-,12-/m0/s1. The fourth-order valence-corrected chi connectivity index (χ4v) is 3.76. The Bertz CT molecular complexity index is 626. The smallest absolute Gasteiger partial charge is 0.331 e. The minimum Gasteiger partial charge on any atom is -0.454 e. The molecule has 0 aromatic carbocycles. The molecule has 0 aliphatic carbocycles. The number of Topliss-reactive ketones (excluding diaryl/α,β-unsaturated/α-hetero) is 1. The summed E-state index contributed by atoms with van der Waals surface area (Å²) >= 11 is 3.03. The lowest BCUT2D eigenvalue weighted by atomic mass is 9.94. The van der Waals surface area contributed by atoms with Crippen molar-refractivity contribution in [2.24, 2.45) is 0 Å². The van der Waals surface area contributed by atoms with Crippen LogP contribution in [0.5, 0.6) is 0 Å². The second-order valence-electron chi connectivity index (χ2n) is 4.49. The SMILES string of the molecule is O=C1C=C[C@@H]([C@H](CC(=O)c2cccs2)c2cccs2)O1. The number of rotatable bonds is 5. The molecule has 3 rings (SSSR count). The number of cyclic esters (lactones) is 1. The van der Waals surface area contributed by atoms with Gasteiger partial charge in [-0.15, -0.1) is 22.7 Å². The van der Waals surface area contributed by atoms with Gasteiger partial charge in [0.15, 0.2) is 5.78 Å². The molecule has 102 valence electrons. The first kappa shape index (κ1) is 13.3. The molecule has 0 saturated carbocycles. The van der Waals surface area contributed by atoms with Crippen LogP contribution in [0.1, 0.15) is 26.9 Å². The molecule has 3 heterocycles. The molecule has 3 nitrogen and oxygen atoms in total. The molecule has 0 amide bonds. The Morgan fingerprint density at radius 3 is 2.65 bits per heavy atom. The summed E-state index contributed by atoms with van der Waals surface area (Å²) in [6, 6.07) is 7.63. The van der Waals surface area contributed by atoms with Crippen molar-refractivity contribution in [3.05, 3.63) is 56.9 Å². The Morgan fingerprint density at radius 2 is 2.05 bits per heavy atom. The number of thiophene rings is 2. The number of esters is 1. The van der Waals surface area contributed by atoms with E-state index < -0.39 is 0 Å². The minimum absolute atomic E-state index is 0.0924. The van der Waals surface area contributed by atoms with Gasteiger partial charge in [-0.05, 0) is 29.0 Å². The summed E-state index contributed by atoms with van der Waals surface area (Å²) in [5.74, 6) is -0.345. The van der Waals surface area contributed by atoms with Crippen molar-refractivity contribution in [1.82, 2.24) is 0 Å².